The second kappa shape index (κ2) is 8.73. The molecule has 0 aliphatic carbocycles. The van der Waals surface area contributed by atoms with E-state index in [4.69, 9.17) is 14.2 Å². The lowest BCUT2D eigenvalue weighted by molar-refractivity contribution is 0.0954. The third-order valence-electron chi connectivity index (χ3n) is 3.22. The zero-order valence-electron chi connectivity index (χ0n) is 14.8. The van der Waals surface area contributed by atoms with E-state index in [1.165, 1.54) is 14.2 Å². The van der Waals surface area contributed by atoms with Crippen molar-refractivity contribution in [1.82, 2.24) is 5.43 Å². The molecule has 2 aromatic carbocycles. The lowest BCUT2D eigenvalue weighted by Gasteiger charge is -2.09. The highest BCUT2D eigenvalue weighted by atomic mass is 16.5. The molecule has 6 nitrogen and oxygen atoms in total. The minimum atomic E-state index is -0.358. The summed E-state index contributed by atoms with van der Waals surface area (Å²) in [5.74, 6) is 1.46. The first-order valence-electron chi connectivity index (χ1n) is 7.85. The standard InChI is InChI=1S/C19H22N2O4/c1-13(2)25-16-7-5-6-14(8-16)12-20-21-19(22)15-9-17(23-3)11-18(10-15)24-4/h5-13H,1-4H3,(H,21,22)/b20-12-. The molecule has 0 radical (unpaired) electrons. The number of methoxy groups -OCH3 is 2. The topological polar surface area (TPSA) is 69.2 Å². The minimum absolute atomic E-state index is 0.0925. The Morgan fingerprint density at radius 3 is 2.32 bits per heavy atom. The van der Waals surface area contributed by atoms with Gasteiger partial charge in [-0.2, -0.15) is 5.10 Å². The van der Waals surface area contributed by atoms with E-state index in [-0.39, 0.29) is 12.0 Å². The summed E-state index contributed by atoms with van der Waals surface area (Å²) in [4.78, 5) is 12.2. The van der Waals surface area contributed by atoms with E-state index in [1.807, 2.05) is 38.1 Å². The Morgan fingerprint density at radius 2 is 1.72 bits per heavy atom. The number of hydrazone groups is 1. The fourth-order valence-electron chi connectivity index (χ4n) is 2.11. The second-order valence-corrected chi connectivity index (χ2v) is 5.54. The number of nitrogens with zero attached hydrogens (tertiary/aromatic N) is 1. The van der Waals surface area contributed by atoms with Gasteiger partial charge < -0.3 is 14.2 Å². The average molecular weight is 342 g/mol. The molecule has 0 saturated heterocycles. The molecule has 132 valence electrons. The number of ether oxygens (including phenoxy) is 3. The van der Waals surface area contributed by atoms with Gasteiger partial charge in [0.25, 0.3) is 5.91 Å². The molecule has 6 heteroatoms. The number of carbonyl (C=O) groups excluding carboxylic acids is 1. The van der Waals surface area contributed by atoms with Crippen molar-refractivity contribution in [2.75, 3.05) is 14.2 Å². The van der Waals surface area contributed by atoms with Crippen molar-refractivity contribution in [2.45, 2.75) is 20.0 Å². The molecular formula is C19H22N2O4. The number of rotatable bonds is 7. The van der Waals surface area contributed by atoms with Gasteiger partial charge in [0.05, 0.1) is 26.5 Å². The van der Waals surface area contributed by atoms with Crippen LogP contribution in [0.5, 0.6) is 17.2 Å². The maximum Gasteiger partial charge on any atom is 0.271 e. The Labute approximate surface area is 147 Å². The van der Waals surface area contributed by atoms with Crippen LogP contribution in [0.1, 0.15) is 29.8 Å². The Bertz CT molecular complexity index is 735. The van der Waals surface area contributed by atoms with Crippen molar-refractivity contribution < 1.29 is 19.0 Å². The Hall–Kier alpha value is -3.02. The van der Waals surface area contributed by atoms with E-state index in [0.717, 1.165) is 11.3 Å². The molecular weight excluding hydrogens is 320 g/mol. The van der Waals surface area contributed by atoms with Crippen LogP contribution in [0.25, 0.3) is 0 Å². The number of hydrogen-bond donors (Lipinski definition) is 1. The summed E-state index contributed by atoms with van der Waals surface area (Å²) in [7, 11) is 3.06. The van der Waals surface area contributed by atoms with Crippen LogP contribution >= 0.6 is 0 Å². The van der Waals surface area contributed by atoms with Crippen LogP contribution in [0.2, 0.25) is 0 Å². The maximum atomic E-state index is 12.2. The normalized spacial score (nSPS) is 10.8. The van der Waals surface area contributed by atoms with E-state index in [0.29, 0.717) is 17.1 Å². The molecule has 0 aliphatic rings. The molecule has 1 N–H and O–H groups in total. The number of nitrogens with one attached hydrogen (secondary N) is 1. The second-order valence-electron chi connectivity index (χ2n) is 5.54. The van der Waals surface area contributed by atoms with Gasteiger partial charge in [-0.1, -0.05) is 12.1 Å². The van der Waals surface area contributed by atoms with Crippen molar-refractivity contribution in [2.24, 2.45) is 5.10 Å². The summed E-state index contributed by atoms with van der Waals surface area (Å²) in [5, 5.41) is 3.99. The molecule has 0 unspecified atom stereocenters. The van der Waals surface area contributed by atoms with E-state index in [1.54, 1.807) is 24.4 Å². The molecule has 25 heavy (non-hydrogen) atoms. The van der Waals surface area contributed by atoms with Gasteiger partial charge in [0.1, 0.15) is 17.2 Å². The van der Waals surface area contributed by atoms with Gasteiger partial charge in [-0.15, -0.1) is 0 Å². The zero-order chi connectivity index (χ0) is 18.2. The van der Waals surface area contributed by atoms with E-state index in [2.05, 4.69) is 10.5 Å². The molecule has 0 bridgehead atoms. The molecule has 1 amide bonds. The van der Waals surface area contributed by atoms with Gasteiger partial charge in [0.2, 0.25) is 0 Å². The highest BCUT2D eigenvalue weighted by molar-refractivity contribution is 5.95. The van der Waals surface area contributed by atoms with Gasteiger partial charge in [0, 0.05) is 11.6 Å². The molecule has 0 aromatic heterocycles. The van der Waals surface area contributed by atoms with Gasteiger partial charge in [-0.3, -0.25) is 4.79 Å². The van der Waals surface area contributed by atoms with Crippen LogP contribution in [0.15, 0.2) is 47.6 Å². The van der Waals surface area contributed by atoms with Crippen LogP contribution in [0.4, 0.5) is 0 Å². The van der Waals surface area contributed by atoms with E-state index in [9.17, 15) is 4.79 Å². The Balaban J connectivity index is 2.05. The zero-order valence-corrected chi connectivity index (χ0v) is 14.8. The molecule has 0 saturated carbocycles. The summed E-state index contributed by atoms with van der Waals surface area (Å²) in [6.45, 7) is 3.92. The summed E-state index contributed by atoms with van der Waals surface area (Å²) in [5.41, 5.74) is 3.70. The first-order valence-corrected chi connectivity index (χ1v) is 7.85. The van der Waals surface area contributed by atoms with Crippen LogP contribution in [-0.2, 0) is 0 Å². The molecule has 2 rings (SSSR count). The molecule has 2 aromatic rings. The quantitative estimate of drug-likeness (QED) is 0.619. The number of amides is 1. The highest BCUT2D eigenvalue weighted by Gasteiger charge is 2.09. The van der Waals surface area contributed by atoms with Gasteiger partial charge >= 0.3 is 0 Å². The van der Waals surface area contributed by atoms with Crippen molar-refractivity contribution in [1.29, 1.82) is 0 Å². The predicted octanol–water partition coefficient (Wildman–Crippen LogP) is 3.25. The fourth-order valence-corrected chi connectivity index (χ4v) is 2.11. The first kappa shape index (κ1) is 18.3. The Kier molecular flexibility index (Phi) is 6.39. The maximum absolute atomic E-state index is 12.2. The van der Waals surface area contributed by atoms with Gasteiger partial charge in [0.15, 0.2) is 0 Å². The molecule has 0 fully saturated rings. The van der Waals surface area contributed by atoms with Gasteiger partial charge in [-0.25, -0.2) is 5.43 Å². The molecule has 0 spiro atoms. The highest BCUT2D eigenvalue weighted by Crippen LogP contribution is 2.22. The third-order valence-corrected chi connectivity index (χ3v) is 3.22. The number of hydrogen-bond acceptors (Lipinski definition) is 5. The molecule has 0 aliphatic heterocycles. The summed E-state index contributed by atoms with van der Waals surface area (Å²) >= 11 is 0. The SMILES string of the molecule is COc1cc(OC)cc(C(=O)N/N=C\c2cccc(OC(C)C)c2)c1. The molecule has 0 atom stereocenters. The minimum Gasteiger partial charge on any atom is -0.497 e. The fraction of sp³-hybridized carbons (Fsp3) is 0.263. The number of carbonyl (C=O) groups is 1. The molecule has 0 heterocycles. The lowest BCUT2D eigenvalue weighted by Crippen LogP contribution is -2.17. The number of benzene rings is 2. The monoisotopic (exact) mass is 342 g/mol. The van der Waals surface area contributed by atoms with Crippen LogP contribution in [-0.4, -0.2) is 32.4 Å². The van der Waals surface area contributed by atoms with Crippen molar-refractivity contribution >= 4 is 12.1 Å². The van der Waals surface area contributed by atoms with Crippen LogP contribution in [0.3, 0.4) is 0 Å². The predicted molar refractivity (Wildman–Crippen MR) is 96.8 cm³/mol. The van der Waals surface area contributed by atoms with Crippen molar-refractivity contribution in [3.05, 3.63) is 53.6 Å². The van der Waals surface area contributed by atoms with Crippen molar-refractivity contribution in [3.63, 3.8) is 0 Å². The summed E-state index contributed by atoms with van der Waals surface area (Å²) in [6, 6.07) is 12.4. The van der Waals surface area contributed by atoms with Gasteiger partial charge in [-0.05, 0) is 43.7 Å². The van der Waals surface area contributed by atoms with Crippen LogP contribution < -0.4 is 19.6 Å². The van der Waals surface area contributed by atoms with E-state index >= 15 is 0 Å². The average Bonchev–Trinajstić information content (AvgIpc) is 2.60. The van der Waals surface area contributed by atoms with Crippen molar-refractivity contribution in [3.8, 4) is 17.2 Å². The largest absolute Gasteiger partial charge is 0.497 e. The summed E-state index contributed by atoms with van der Waals surface area (Å²) < 4.78 is 15.9. The van der Waals surface area contributed by atoms with E-state index < -0.39 is 0 Å². The van der Waals surface area contributed by atoms with Crippen LogP contribution in [0, 0.1) is 0 Å². The third kappa shape index (κ3) is 5.53. The smallest absolute Gasteiger partial charge is 0.271 e. The first-order chi connectivity index (χ1) is 12.0. The lowest BCUT2D eigenvalue weighted by atomic mass is 10.2. The Morgan fingerprint density at radius 1 is 1.04 bits per heavy atom. The summed E-state index contributed by atoms with van der Waals surface area (Å²) in [6.07, 6.45) is 1.65.